The van der Waals surface area contributed by atoms with Crippen molar-refractivity contribution in [1.82, 2.24) is 3.97 Å². The number of hydrogen-bond donors (Lipinski definition) is 0. The van der Waals surface area contributed by atoms with Gasteiger partial charge in [0.2, 0.25) is 10.0 Å². The second-order valence-electron chi connectivity index (χ2n) is 8.62. The van der Waals surface area contributed by atoms with Crippen molar-refractivity contribution < 1.29 is 13.2 Å². The van der Waals surface area contributed by atoms with Gasteiger partial charge in [-0.2, -0.15) is 0 Å². The number of benzene rings is 3. The van der Waals surface area contributed by atoms with E-state index in [2.05, 4.69) is 6.92 Å². The quantitative estimate of drug-likeness (QED) is 0.448. The first-order chi connectivity index (χ1) is 14.8. The highest BCUT2D eigenvalue weighted by atomic mass is 32.2. The fourth-order valence-electron chi connectivity index (χ4n) is 5.03. The Bertz CT molecular complexity index is 1430. The Kier molecular flexibility index (Phi) is 4.41. The van der Waals surface area contributed by atoms with E-state index in [0.29, 0.717) is 24.1 Å². The molecule has 0 aliphatic heterocycles. The lowest BCUT2D eigenvalue weighted by atomic mass is 9.77. The Labute approximate surface area is 182 Å². The topological polar surface area (TPSA) is 56.1 Å². The molecule has 1 aromatic heterocycles. The van der Waals surface area contributed by atoms with Gasteiger partial charge in [-0.15, -0.1) is 0 Å². The summed E-state index contributed by atoms with van der Waals surface area (Å²) >= 11 is 0. The first-order valence-corrected chi connectivity index (χ1v) is 12.2. The van der Waals surface area contributed by atoms with Crippen molar-refractivity contribution in [1.29, 1.82) is 0 Å². The minimum Gasteiger partial charge on any atom is -0.294 e. The van der Waals surface area contributed by atoms with Crippen molar-refractivity contribution in [3.05, 3.63) is 95.6 Å². The lowest BCUT2D eigenvalue weighted by Gasteiger charge is -2.25. The van der Waals surface area contributed by atoms with Crippen LogP contribution in [0, 0.1) is 0 Å². The van der Waals surface area contributed by atoms with Crippen molar-refractivity contribution >= 4 is 26.7 Å². The minimum atomic E-state index is -3.56. The van der Waals surface area contributed by atoms with Gasteiger partial charge in [-0.1, -0.05) is 79.7 Å². The predicted octanol–water partition coefficient (Wildman–Crippen LogP) is 5.20. The number of Topliss-reactive ketones (excluding diaryl/α,β-unsaturated/α-hetero) is 1. The number of ketones is 1. The lowest BCUT2D eigenvalue weighted by Crippen LogP contribution is -2.23. The first kappa shape index (κ1) is 19.8. The van der Waals surface area contributed by atoms with Crippen LogP contribution >= 0.6 is 0 Å². The van der Waals surface area contributed by atoms with Crippen molar-refractivity contribution in [2.75, 3.05) is 6.26 Å². The number of carbonyl (C=O) groups excluding carboxylic acids is 1. The highest BCUT2D eigenvalue weighted by Crippen LogP contribution is 2.45. The van der Waals surface area contributed by atoms with Gasteiger partial charge in [0.15, 0.2) is 5.78 Å². The zero-order valence-corrected chi connectivity index (χ0v) is 18.3. The van der Waals surface area contributed by atoms with Gasteiger partial charge in [0.05, 0.1) is 17.5 Å². The van der Waals surface area contributed by atoms with Crippen molar-refractivity contribution in [2.45, 2.75) is 25.2 Å². The number of aromatic nitrogens is 1. The molecule has 1 aliphatic rings. The Morgan fingerprint density at radius 2 is 1.55 bits per heavy atom. The van der Waals surface area contributed by atoms with Gasteiger partial charge >= 0.3 is 0 Å². The Balaban J connectivity index is 1.82. The number of fused-ring (bicyclic) bond motifs is 2. The monoisotopic (exact) mass is 429 g/mol. The first-order valence-electron chi connectivity index (χ1n) is 10.3. The maximum Gasteiger partial charge on any atom is 0.236 e. The summed E-state index contributed by atoms with van der Waals surface area (Å²) in [5.41, 5.74) is 4.57. The van der Waals surface area contributed by atoms with Crippen LogP contribution in [0.1, 0.15) is 34.8 Å². The number of carbonyl (C=O) groups is 1. The molecule has 0 spiro atoms. The van der Waals surface area contributed by atoms with Gasteiger partial charge in [-0.05, 0) is 29.2 Å². The lowest BCUT2D eigenvalue weighted by molar-refractivity contribution is 0.0976. The highest BCUT2D eigenvalue weighted by Gasteiger charge is 2.41. The Morgan fingerprint density at radius 1 is 0.903 bits per heavy atom. The molecule has 0 bridgehead atoms. The molecule has 0 radical (unpaired) electrons. The molecule has 5 heteroatoms. The molecule has 1 atom stereocenters. The molecule has 5 rings (SSSR count). The molecule has 1 unspecified atom stereocenters. The molecule has 0 fully saturated rings. The number of rotatable bonds is 4. The normalized spacial score (nSPS) is 18.5. The molecule has 31 heavy (non-hydrogen) atoms. The number of hydrogen-bond acceptors (Lipinski definition) is 3. The van der Waals surface area contributed by atoms with E-state index in [9.17, 15) is 13.2 Å². The largest absolute Gasteiger partial charge is 0.294 e. The molecule has 0 amide bonds. The van der Waals surface area contributed by atoms with E-state index in [4.69, 9.17) is 0 Å². The van der Waals surface area contributed by atoms with Gasteiger partial charge in [0.25, 0.3) is 0 Å². The average Bonchev–Trinajstić information content (AvgIpc) is 3.21. The third kappa shape index (κ3) is 3.12. The van der Waals surface area contributed by atoms with Crippen LogP contribution < -0.4 is 0 Å². The molecule has 156 valence electrons. The third-order valence-electron chi connectivity index (χ3n) is 6.31. The third-order valence-corrected chi connectivity index (χ3v) is 7.35. The van der Waals surface area contributed by atoms with Crippen LogP contribution in [-0.2, 0) is 21.9 Å². The molecule has 3 aromatic carbocycles. The molecule has 0 saturated carbocycles. The van der Waals surface area contributed by atoms with Gasteiger partial charge < -0.3 is 0 Å². The van der Waals surface area contributed by atoms with E-state index in [-0.39, 0.29) is 5.78 Å². The zero-order chi connectivity index (χ0) is 21.8. The van der Waals surface area contributed by atoms with E-state index >= 15 is 0 Å². The van der Waals surface area contributed by atoms with Crippen molar-refractivity contribution in [3.8, 4) is 11.3 Å². The van der Waals surface area contributed by atoms with E-state index < -0.39 is 15.4 Å². The minimum absolute atomic E-state index is 0.145. The SMILES string of the molecule is CC1(Cc2c(-c3ccccc3)n(S(C)(=O)=O)c3ccccc23)CC(=O)c2ccccc21. The summed E-state index contributed by atoms with van der Waals surface area (Å²) in [7, 11) is -3.56. The van der Waals surface area contributed by atoms with E-state index in [1.807, 2.05) is 78.9 Å². The van der Waals surface area contributed by atoms with Crippen LogP contribution in [0.4, 0.5) is 0 Å². The van der Waals surface area contributed by atoms with Gasteiger partial charge in [-0.25, -0.2) is 12.4 Å². The number of nitrogens with zero attached hydrogens (tertiary/aromatic N) is 1. The van der Waals surface area contributed by atoms with Gasteiger partial charge in [0, 0.05) is 22.8 Å². The standard InChI is InChI=1S/C26H23NO3S/c1-26(17-24(28)20-13-6-8-14-22(20)26)16-21-19-12-7-9-15-23(19)27(31(2,29)30)25(21)18-10-4-3-5-11-18/h3-15H,16-17H2,1-2H3. The summed E-state index contributed by atoms with van der Waals surface area (Å²) < 4.78 is 27.3. The molecule has 4 nitrogen and oxygen atoms in total. The molecule has 0 saturated heterocycles. The van der Waals surface area contributed by atoms with Crippen LogP contribution in [0.15, 0.2) is 78.9 Å². The predicted molar refractivity (Wildman–Crippen MR) is 124 cm³/mol. The summed E-state index contributed by atoms with van der Waals surface area (Å²) in [6.07, 6.45) is 2.23. The fourth-order valence-corrected chi connectivity index (χ4v) is 6.10. The second-order valence-corrected chi connectivity index (χ2v) is 10.5. The van der Waals surface area contributed by atoms with Gasteiger partial charge in [-0.3, -0.25) is 4.79 Å². The fraction of sp³-hybridized carbons (Fsp3) is 0.192. The van der Waals surface area contributed by atoms with Crippen LogP contribution in [0.5, 0.6) is 0 Å². The molecule has 1 heterocycles. The molecule has 1 aliphatic carbocycles. The summed E-state index contributed by atoms with van der Waals surface area (Å²) in [5, 5.41) is 0.907. The zero-order valence-electron chi connectivity index (χ0n) is 17.5. The summed E-state index contributed by atoms with van der Waals surface area (Å²) in [6, 6.07) is 25.0. The number of para-hydroxylation sites is 1. The summed E-state index contributed by atoms with van der Waals surface area (Å²) in [6.45, 7) is 2.11. The van der Waals surface area contributed by atoms with Crippen LogP contribution in [-0.4, -0.2) is 24.4 Å². The van der Waals surface area contributed by atoms with E-state index in [0.717, 1.165) is 27.6 Å². The van der Waals surface area contributed by atoms with Crippen molar-refractivity contribution in [3.63, 3.8) is 0 Å². The molecular weight excluding hydrogens is 406 g/mol. The highest BCUT2D eigenvalue weighted by molar-refractivity contribution is 7.89. The Hall–Kier alpha value is -3.18. The van der Waals surface area contributed by atoms with Crippen LogP contribution in [0.2, 0.25) is 0 Å². The van der Waals surface area contributed by atoms with E-state index in [1.165, 1.54) is 10.2 Å². The maximum absolute atomic E-state index is 12.9. The molecular formula is C26H23NO3S. The Morgan fingerprint density at radius 3 is 2.29 bits per heavy atom. The summed E-state index contributed by atoms with van der Waals surface area (Å²) in [4.78, 5) is 12.8. The van der Waals surface area contributed by atoms with Gasteiger partial charge in [0.1, 0.15) is 0 Å². The van der Waals surface area contributed by atoms with Crippen molar-refractivity contribution in [2.24, 2.45) is 0 Å². The maximum atomic E-state index is 12.9. The average molecular weight is 430 g/mol. The summed E-state index contributed by atoms with van der Waals surface area (Å²) in [5.74, 6) is 0.145. The van der Waals surface area contributed by atoms with E-state index in [1.54, 1.807) is 0 Å². The second kappa shape index (κ2) is 6.92. The molecule has 0 N–H and O–H groups in total. The smallest absolute Gasteiger partial charge is 0.236 e. The molecule has 4 aromatic rings. The van der Waals surface area contributed by atoms with Crippen LogP contribution in [0.3, 0.4) is 0 Å². The van der Waals surface area contributed by atoms with Crippen LogP contribution in [0.25, 0.3) is 22.2 Å².